The van der Waals surface area contributed by atoms with E-state index in [2.05, 4.69) is 37.2 Å². The lowest BCUT2D eigenvalue weighted by Gasteiger charge is -2.09. The van der Waals surface area contributed by atoms with Crippen molar-refractivity contribution in [3.05, 3.63) is 50.9 Å². The third-order valence-corrected chi connectivity index (χ3v) is 4.21. The van der Waals surface area contributed by atoms with Crippen LogP contribution in [-0.4, -0.2) is 10.5 Å². The molecule has 2 aromatic rings. The quantitative estimate of drug-likeness (QED) is 0.791. The van der Waals surface area contributed by atoms with Crippen LogP contribution < -0.4 is 5.32 Å². The van der Waals surface area contributed by atoms with E-state index in [-0.39, 0.29) is 11.7 Å². The molecule has 0 radical (unpaired) electrons. The van der Waals surface area contributed by atoms with Gasteiger partial charge in [0.25, 0.3) is 5.91 Å². The Morgan fingerprint density at radius 3 is 2.70 bits per heavy atom. The maximum absolute atomic E-state index is 13.2. The number of benzene rings is 1. The Bertz CT molecular complexity index is 680. The predicted octanol–water partition coefficient (Wildman–Crippen LogP) is 4.74. The van der Waals surface area contributed by atoms with Crippen LogP contribution in [-0.2, 0) is 0 Å². The molecule has 0 atom stereocenters. The molecule has 6 heteroatoms. The molecule has 3 nitrogen and oxygen atoms in total. The van der Waals surface area contributed by atoms with E-state index in [0.717, 1.165) is 17.3 Å². The second kappa shape index (κ2) is 5.33. The number of amides is 1. The highest BCUT2D eigenvalue weighted by molar-refractivity contribution is 9.10. The number of hydrogen-bond donors (Lipinski definition) is 1. The Morgan fingerprint density at radius 2 is 2.05 bits per heavy atom. The minimum atomic E-state index is -0.355. The van der Waals surface area contributed by atoms with Crippen molar-refractivity contribution in [3.8, 4) is 0 Å². The van der Waals surface area contributed by atoms with Gasteiger partial charge in [-0.3, -0.25) is 4.79 Å². The molecule has 1 heterocycles. The molecule has 0 bridgehead atoms. The molecule has 1 N–H and O–H groups in total. The Labute approximate surface area is 132 Å². The number of hydrogen-bond acceptors (Lipinski definition) is 1. The van der Waals surface area contributed by atoms with Gasteiger partial charge in [-0.25, -0.2) is 4.39 Å². The molecule has 3 rings (SSSR count). The van der Waals surface area contributed by atoms with Crippen LogP contribution in [0.25, 0.3) is 0 Å². The summed E-state index contributed by atoms with van der Waals surface area (Å²) in [4.78, 5) is 12.3. The molecule has 1 aliphatic rings. The fourth-order valence-electron chi connectivity index (χ4n) is 2.05. The van der Waals surface area contributed by atoms with E-state index in [1.807, 2.05) is 10.8 Å². The third kappa shape index (κ3) is 2.81. The number of nitrogens with zero attached hydrogens (tertiary/aromatic N) is 1. The van der Waals surface area contributed by atoms with Crippen LogP contribution in [0.2, 0.25) is 0 Å². The lowest BCUT2D eigenvalue weighted by molar-refractivity contribution is 0.101. The van der Waals surface area contributed by atoms with Crippen LogP contribution >= 0.6 is 31.9 Å². The van der Waals surface area contributed by atoms with Crippen LogP contribution in [0.5, 0.6) is 0 Å². The number of carbonyl (C=O) groups is 1. The average molecular weight is 402 g/mol. The summed E-state index contributed by atoms with van der Waals surface area (Å²) in [6.07, 6.45) is 4.13. The summed E-state index contributed by atoms with van der Waals surface area (Å²) >= 11 is 6.50. The topological polar surface area (TPSA) is 34.0 Å². The van der Waals surface area contributed by atoms with Crippen LogP contribution in [0.15, 0.2) is 39.4 Å². The summed E-state index contributed by atoms with van der Waals surface area (Å²) in [5.74, 6) is -0.548. The molecule has 1 aromatic carbocycles. The van der Waals surface area contributed by atoms with Gasteiger partial charge in [-0.2, -0.15) is 0 Å². The van der Waals surface area contributed by atoms with Crippen molar-refractivity contribution >= 4 is 43.5 Å². The van der Waals surface area contributed by atoms with E-state index in [9.17, 15) is 9.18 Å². The largest absolute Gasteiger partial charge is 0.339 e. The molecule has 0 unspecified atom stereocenters. The van der Waals surface area contributed by atoms with Gasteiger partial charge in [0.2, 0.25) is 0 Å². The van der Waals surface area contributed by atoms with Gasteiger partial charge in [-0.15, -0.1) is 0 Å². The van der Waals surface area contributed by atoms with Gasteiger partial charge in [0.05, 0.1) is 4.47 Å². The minimum absolute atomic E-state index is 0.193. The molecule has 1 amide bonds. The van der Waals surface area contributed by atoms with Gasteiger partial charge in [-0.05, 0) is 69.0 Å². The number of aromatic nitrogens is 1. The third-order valence-electron chi connectivity index (χ3n) is 3.17. The minimum Gasteiger partial charge on any atom is -0.339 e. The SMILES string of the molecule is O=C(Nc1ccc(F)c(Br)c1)c1cc(Br)cn1C1CC1. The Hall–Kier alpha value is -1.14. The first-order chi connectivity index (χ1) is 9.54. The zero-order valence-electron chi connectivity index (χ0n) is 10.4. The molecule has 20 heavy (non-hydrogen) atoms. The standard InChI is InChI=1S/C14H11Br2FN2O/c15-8-5-13(19(7-8)10-2-3-10)14(20)18-9-1-4-12(17)11(16)6-9/h1,4-7,10H,2-3H2,(H,18,20). The second-order valence-corrected chi connectivity index (χ2v) is 6.54. The zero-order valence-corrected chi connectivity index (χ0v) is 13.5. The van der Waals surface area contributed by atoms with Crippen molar-refractivity contribution in [2.24, 2.45) is 0 Å². The first-order valence-corrected chi connectivity index (χ1v) is 7.77. The van der Waals surface area contributed by atoms with E-state index in [1.54, 1.807) is 12.1 Å². The second-order valence-electron chi connectivity index (χ2n) is 4.77. The van der Waals surface area contributed by atoms with Crippen LogP contribution in [0.3, 0.4) is 0 Å². The van der Waals surface area contributed by atoms with Gasteiger partial charge in [0, 0.05) is 22.4 Å². The van der Waals surface area contributed by atoms with Crippen molar-refractivity contribution in [1.29, 1.82) is 0 Å². The smallest absolute Gasteiger partial charge is 0.272 e. The fourth-order valence-corrected chi connectivity index (χ4v) is 2.87. The molecular weight excluding hydrogens is 391 g/mol. The summed E-state index contributed by atoms with van der Waals surface area (Å²) in [7, 11) is 0. The van der Waals surface area contributed by atoms with Gasteiger partial charge in [0.15, 0.2) is 0 Å². The van der Waals surface area contributed by atoms with Crippen molar-refractivity contribution in [1.82, 2.24) is 4.57 Å². The molecule has 1 aromatic heterocycles. The highest BCUT2D eigenvalue weighted by atomic mass is 79.9. The van der Waals surface area contributed by atoms with E-state index in [0.29, 0.717) is 21.9 Å². The number of nitrogens with one attached hydrogen (secondary N) is 1. The molecule has 0 saturated heterocycles. The first-order valence-electron chi connectivity index (χ1n) is 6.18. The summed E-state index contributed by atoms with van der Waals surface area (Å²) in [6.45, 7) is 0. The number of rotatable bonds is 3. The maximum atomic E-state index is 13.2. The average Bonchev–Trinajstić information content (AvgIpc) is 3.17. The number of halogens is 3. The Balaban J connectivity index is 1.84. The van der Waals surface area contributed by atoms with Gasteiger partial charge in [-0.1, -0.05) is 0 Å². The van der Waals surface area contributed by atoms with Gasteiger partial charge in [0.1, 0.15) is 11.5 Å². The molecule has 1 fully saturated rings. The normalized spacial score (nSPS) is 14.3. The van der Waals surface area contributed by atoms with Gasteiger partial charge < -0.3 is 9.88 Å². The highest BCUT2D eigenvalue weighted by Crippen LogP contribution is 2.37. The molecule has 104 valence electrons. The van der Waals surface area contributed by atoms with E-state index < -0.39 is 0 Å². The highest BCUT2D eigenvalue weighted by Gasteiger charge is 2.27. The number of anilines is 1. The Morgan fingerprint density at radius 1 is 1.30 bits per heavy atom. The van der Waals surface area contributed by atoms with E-state index in [1.165, 1.54) is 12.1 Å². The first kappa shape index (κ1) is 13.8. The monoisotopic (exact) mass is 400 g/mol. The molecule has 1 aliphatic carbocycles. The molecule has 1 saturated carbocycles. The van der Waals surface area contributed by atoms with Crippen molar-refractivity contribution in [2.75, 3.05) is 5.32 Å². The fraction of sp³-hybridized carbons (Fsp3) is 0.214. The summed E-state index contributed by atoms with van der Waals surface area (Å²) < 4.78 is 16.4. The molecule has 0 spiro atoms. The maximum Gasteiger partial charge on any atom is 0.272 e. The predicted molar refractivity (Wildman–Crippen MR) is 82.5 cm³/mol. The summed E-state index contributed by atoms with van der Waals surface area (Å²) in [5.41, 5.74) is 1.17. The van der Waals surface area contributed by atoms with Crippen LogP contribution in [0.4, 0.5) is 10.1 Å². The van der Waals surface area contributed by atoms with Crippen molar-refractivity contribution in [3.63, 3.8) is 0 Å². The van der Waals surface area contributed by atoms with Crippen LogP contribution in [0.1, 0.15) is 29.4 Å². The summed E-state index contributed by atoms with van der Waals surface area (Å²) in [5, 5.41) is 2.79. The molecule has 0 aliphatic heterocycles. The number of carbonyl (C=O) groups excluding carboxylic acids is 1. The van der Waals surface area contributed by atoms with Crippen molar-refractivity contribution < 1.29 is 9.18 Å². The lowest BCUT2D eigenvalue weighted by Crippen LogP contribution is -2.16. The van der Waals surface area contributed by atoms with E-state index in [4.69, 9.17) is 0 Å². The van der Waals surface area contributed by atoms with Crippen molar-refractivity contribution in [2.45, 2.75) is 18.9 Å². The summed E-state index contributed by atoms with van der Waals surface area (Å²) in [6, 6.07) is 6.62. The van der Waals surface area contributed by atoms with Gasteiger partial charge >= 0.3 is 0 Å². The van der Waals surface area contributed by atoms with E-state index >= 15 is 0 Å². The Kier molecular flexibility index (Phi) is 3.69. The molecular formula is C14H11Br2FN2O. The zero-order chi connectivity index (χ0) is 14.3. The lowest BCUT2D eigenvalue weighted by atomic mass is 10.3. The van der Waals surface area contributed by atoms with Crippen LogP contribution in [0, 0.1) is 5.82 Å².